The number of hydroxylamine groups is 1. The van der Waals surface area contributed by atoms with Crippen molar-refractivity contribution in [2.75, 3.05) is 26.1 Å². The maximum atomic E-state index is 11.2. The van der Waals surface area contributed by atoms with Crippen molar-refractivity contribution in [2.45, 2.75) is 24.2 Å². The molecule has 5 rings (SSSR count). The van der Waals surface area contributed by atoms with Gasteiger partial charge in [0.05, 0.1) is 14.2 Å². The molecule has 6 heteroatoms. The van der Waals surface area contributed by atoms with Crippen molar-refractivity contribution in [3.63, 3.8) is 0 Å². The summed E-state index contributed by atoms with van der Waals surface area (Å²) in [7, 11) is 3.26. The summed E-state index contributed by atoms with van der Waals surface area (Å²) in [5.74, 6) is 1.44. The number of methoxy groups -OCH3 is 2. The van der Waals surface area contributed by atoms with E-state index in [1.807, 2.05) is 18.2 Å². The third-order valence-corrected chi connectivity index (χ3v) is 5.50. The molecule has 2 aliphatic heterocycles. The number of fused-ring (bicyclic) bond motifs is 4. The summed E-state index contributed by atoms with van der Waals surface area (Å²) < 4.78 is 23.2. The molecule has 0 radical (unpaired) electrons. The predicted molar refractivity (Wildman–Crippen MR) is 89.4 cm³/mol. The van der Waals surface area contributed by atoms with Crippen LogP contribution < -0.4 is 9.80 Å². The Labute approximate surface area is 145 Å². The lowest BCUT2D eigenvalue weighted by Crippen LogP contribution is -2.55. The van der Waals surface area contributed by atoms with Crippen LogP contribution in [0.1, 0.15) is 18.1 Å². The zero-order chi connectivity index (χ0) is 17.2. The molecule has 1 saturated heterocycles. The van der Waals surface area contributed by atoms with Crippen molar-refractivity contribution in [1.82, 2.24) is 0 Å². The van der Waals surface area contributed by atoms with E-state index in [4.69, 9.17) is 18.9 Å². The maximum absolute atomic E-state index is 11.2. The van der Waals surface area contributed by atoms with E-state index in [2.05, 4.69) is 18.2 Å². The quantitative estimate of drug-likeness (QED) is 0.893. The summed E-state index contributed by atoms with van der Waals surface area (Å²) >= 11 is 0. The summed E-state index contributed by atoms with van der Waals surface area (Å²) in [6.45, 7) is 0.175. The van der Waals surface area contributed by atoms with Gasteiger partial charge in [-0.2, -0.15) is 0 Å². The van der Waals surface area contributed by atoms with Crippen LogP contribution in [0.2, 0.25) is 0 Å². The Morgan fingerprint density at radius 1 is 1.28 bits per heavy atom. The number of anilines is 1. The summed E-state index contributed by atoms with van der Waals surface area (Å²) in [5, 5.41) is 12.5. The molecule has 1 N–H and O–H groups in total. The van der Waals surface area contributed by atoms with E-state index in [0.29, 0.717) is 17.9 Å². The normalized spacial score (nSPS) is 32.0. The molecule has 130 valence electrons. The van der Waals surface area contributed by atoms with E-state index in [1.165, 1.54) is 5.06 Å². The van der Waals surface area contributed by atoms with Crippen LogP contribution in [-0.2, 0) is 14.2 Å². The van der Waals surface area contributed by atoms with E-state index < -0.39 is 11.6 Å². The van der Waals surface area contributed by atoms with Gasteiger partial charge in [0.1, 0.15) is 41.7 Å². The molecule has 3 atom stereocenters. The van der Waals surface area contributed by atoms with Crippen molar-refractivity contribution in [3.8, 4) is 5.75 Å². The first-order valence-electron chi connectivity index (χ1n) is 8.28. The SMILES string of the molecule is COC1=C2C(=CC34OCOC3c3cccc(OC)c3N(O)C24)C=CC1. The molecular formula is C19H19NO5. The lowest BCUT2D eigenvalue weighted by molar-refractivity contribution is -0.00492. The Morgan fingerprint density at radius 2 is 2.16 bits per heavy atom. The number of para-hydroxylation sites is 1. The van der Waals surface area contributed by atoms with Gasteiger partial charge in [-0.05, 0) is 17.7 Å². The molecule has 0 bridgehead atoms. The highest BCUT2D eigenvalue weighted by Crippen LogP contribution is 2.59. The molecule has 1 fully saturated rings. The minimum atomic E-state index is -0.781. The lowest BCUT2D eigenvalue weighted by atomic mass is 9.80. The third-order valence-electron chi connectivity index (χ3n) is 5.50. The van der Waals surface area contributed by atoms with Crippen LogP contribution in [0.3, 0.4) is 0 Å². The van der Waals surface area contributed by atoms with Crippen LogP contribution in [0.4, 0.5) is 5.69 Å². The Morgan fingerprint density at radius 3 is 2.96 bits per heavy atom. The molecule has 3 unspecified atom stereocenters. The molecule has 25 heavy (non-hydrogen) atoms. The van der Waals surface area contributed by atoms with Gasteiger partial charge in [-0.25, -0.2) is 5.06 Å². The van der Waals surface area contributed by atoms with Gasteiger partial charge in [-0.15, -0.1) is 0 Å². The zero-order valence-corrected chi connectivity index (χ0v) is 14.1. The second-order valence-corrected chi connectivity index (χ2v) is 6.55. The highest BCUT2D eigenvalue weighted by Gasteiger charge is 2.63. The second kappa shape index (κ2) is 5.11. The summed E-state index contributed by atoms with van der Waals surface area (Å²) in [6.07, 6.45) is 6.55. The van der Waals surface area contributed by atoms with E-state index in [9.17, 15) is 5.21 Å². The number of ether oxygens (including phenoxy) is 4. The van der Waals surface area contributed by atoms with Crippen molar-refractivity contribution in [3.05, 3.63) is 58.9 Å². The van der Waals surface area contributed by atoms with Gasteiger partial charge in [0.25, 0.3) is 0 Å². The van der Waals surface area contributed by atoms with Gasteiger partial charge < -0.3 is 18.9 Å². The fourth-order valence-corrected chi connectivity index (χ4v) is 4.52. The van der Waals surface area contributed by atoms with E-state index in [0.717, 1.165) is 22.5 Å². The fraction of sp³-hybridized carbons (Fsp3) is 0.368. The largest absolute Gasteiger partial charge is 0.500 e. The second-order valence-electron chi connectivity index (χ2n) is 6.55. The van der Waals surface area contributed by atoms with E-state index in [-0.39, 0.29) is 12.9 Å². The van der Waals surface area contributed by atoms with E-state index in [1.54, 1.807) is 14.2 Å². The first-order valence-corrected chi connectivity index (χ1v) is 8.28. The van der Waals surface area contributed by atoms with Crippen LogP contribution in [0.25, 0.3) is 0 Å². The van der Waals surface area contributed by atoms with Gasteiger partial charge in [0.2, 0.25) is 0 Å². The molecule has 0 amide bonds. The maximum Gasteiger partial charge on any atom is 0.149 e. The first-order chi connectivity index (χ1) is 12.2. The lowest BCUT2D eigenvalue weighted by Gasteiger charge is -2.45. The molecule has 4 aliphatic rings. The summed E-state index contributed by atoms with van der Waals surface area (Å²) in [5.41, 5.74) is 2.65. The monoisotopic (exact) mass is 341 g/mol. The van der Waals surface area contributed by atoms with Gasteiger partial charge in [0.15, 0.2) is 0 Å². The number of nitrogens with zero attached hydrogens (tertiary/aromatic N) is 1. The number of benzene rings is 1. The Kier molecular flexibility index (Phi) is 3.07. The highest BCUT2D eigenvalue weighted by molar-refractivity contribution is 5.73. The van der Waals surface area contributed by atoms with Crippen molar-refractivity contribution in [2.24, 2.45) is 0 Å². The fourth-order valence-electron chi connectivity index (χ4n) is 4.52. The molecule has 1 aromatic rings. The van der Waals surface area contributed by atoms with Crippen LogP contribution in [0.5, 0.6) is 5.75 Å². The molecule has 0 saturated carbocycles. The first kappa shape index (κ1) is 15.0. The van der Waals surface area contributed by atoms with Crippen molar-refractivity contribution >= 4 is 5.69 Å². The molecule has 1 aromatic carbocycles. The van der Waals surface area contributed by atoms with Gasteiger partial charge in [-0.1, -0.05) is 24.3 Å². The van der Waals surface area contributed by atoms with Crippen LogP contribution in [0.15, 0.2) is 53.3 Å². The summed E-state index contributed by atoms with van der Waals surface area (Å²) in [6, 6.07) is 5.23. The minimum Gasteiger partial charge on any atom is -0.500 e. The molecule has 2 aliphatic carbocycles. The summed E-state index contributed by atoms with van der Waals surface area (Å²) in [4.78, 5) is 0. The third kappa shape index (κ3) is 1.74. The van der Waals surface area contributed by atoms with Crippen molar-refractivity contribution in [1.29, 1.82) is 0 Å². The molecule has 6 nitrogen and oxygen atoms in total. The number of allylic oxidation sites excluding steroid dienone is 2. The van der Waals surface area contributed by atoms with Crippen LogP contribution >= 0.6 is 0 Å². The topological polar surface area (TPSA) is 60.4 Å². The van der Waals surface area contributed by atoms with Crippen LogP contribution in [0, 0.1) is 0 Å². The molecule has 2 heterocycles. The van der Waals surface area contributed by atoms with Gasteiger partial charge in [-0.3, -0.25) is 5.21 Å². The standard InChI is InChI=1S/C19H19NO5/c1-22-13-7-3-5-11-9-19-17(15(11)13)20(21)16-12(18(19)24-10-25-19)6-4-8-14(16)23-2/h3-6,8-9,17-18,21H,7,10H2,1-2H3. The highest BCUT2D eigenvalue weighted by atomic mass is 16.7. The van der Waals surface area contributed by atoms with Gasteiger partial charge >= 0.3 is 0 Å². The average Bonchev–Trinajstić information content (AvgIpc) is 3.21. The number of hydrogen-bond donors (Lipinski definition) is 1. The Balaban J connectivity index is 1.78. The molecule has 1 spiro atoms. The smallest absolute Gasteiger partial charge is 0.149 e. The van der Waals surface area contributed by atoms with Crippen molar-refractivity contribution < 1.29 is 24.2 Å². The average molecular weight is 341 g/mol. The molecular weight excluding hydrogens is 322 g/mol. The number of rotatable bonds is 2. The zero-order valence-electron chi connectivity index (χ0n) is 14.1. The molecule has 0 aromatic heterocycles. The Bertz CT molecular complexity index is 842. The Hall–Kier alpha value is -2.28. The predicted octanol–water partition coefficient (Wildman–Crippen LogP) is 2.86. The minimum absolute atomic E-state index is 0.175. The number of hydrogen-bond acceptors (Lipinski definition) is 6. The van der Waals surface area contributed by atoms with Gasteiger partial charge in [0, 0.05) is 17.6 Å². The van der Waals surface area contributed by atoms with Crippen LogP contribution in [-0.4, -0.2) is 37.9 Å². The van der Waals surface area contributed by atoms with E-state index >= 15 is 0 Å².